The molecular formula is C24H32F3NO3S. The van der Waals surface area contributed by atoms with Crippen LogP contribution < -0.4 is 0 Å². The molecule has 0 unspecified atom stereocenters. The second-order valence-corrected chi connectivity index (χ2v) is 8.70. The average molecular weight is 472 g/mol. The van der Waals surface area contributed by atoms with E-state index in [0.29, 0.717) is 11.4 Å². The predicted octanol–water partition coefficient (Wildman–Crippen LogP) is 7.36. The first-order valence-corrected chi connectivity index (χ1v) is 12.0. The van der Waals surface area contributed by atoms with Gasteiger partial charge in [-0.2, -0.15) is 13.2 Å². The van der Waals surface area contributed by atoms with Crippen LogP contribution in [0.15, 0.2) is 41.9 Å². The van der Waals surface area contributed by atoms with Crippen LogP contribution in [0.3, 0.4) is 0 Å². The summed E-state index contributed by atoms with van der Waals surface area (Å²) in [5.74, 6) is -1.47. The number of hydrogen-bond donors (Lipinski definition) is 0. The van der Waals surface area contributed by atoms with Crippen molar-refractivity contribution in [3.05, 3.63) is 52.5 Å². The van der Waals surface area contributed by atoms with E-state index in [0.717, 1.165) is 32.8 Å². The number of benzene rings is 1. The lowest BCUT2D eigenvalue weighted by Crippen LogP contribution is -2.52. The van der Waals surface area contributed by atoms with Crippen molar-refractivity contribution in [1.29, 1.82) is 0 Å². The molecule has 0 N–H and O–H groups in total. The summed E-state index contributed by atoms with van der Waals surface area (Å²) in [4.78, 5) is 17.2. The van der Waals surface area contributed by atoms with E-state index in [2.05, 4.69) is 11.9 Å². The molecule has 0 saturated heterocycles. The summed E-state index contributed by atoms with van der Waals surface area (Å²) in [6, 6.07) is 6.87. The highest BCUT2D eigenvalue weighted by molar-refractivity contribution is 7.09. The van der Waals surface area contributed by atoms with E-state index in [1.54, 1.807) is 17.6 Å². The number of unbranched alkanes of at least 4 members (excludes halogenated alkanes) is 7. The number of carbonyl (C=O) groups excluding carboxylic acids is 1. The SMILES string of the molecule is CCCCCCCCCC[C@H](OC(=O)[C@](OC)(c1ccccc1)C(F)(F)F)c1nccs1. The summed E-state index contributed by atoms with van der Waals surface area (Å²) in [5, 5.41) is 2.20. The molecule has 0 aliphatic heterocycles. The molecule has 178 valence electrons. The Hall–Kier alpha value is -1.93. The van der Waals surface area contributed by atoms with Gasteiger partial charge in [-0.25, -0.2) is 9.78 Å². The molecule has 32 heavy (non-hydrogen) atoms. The molecule has 0 saturated carbocycles. The standard InChI is InChI=1S/C24H32F3NO3S/c1-3-4-5-6-7-8-9-13-16-20(21-28-17-18-32-21)31-22(29)23(30-2,24(25,26)27)19-14-11-10-12-15-19/h10-12,14-15,17-18,20H,3-9,13,16H2,1-2H3/t20-,23+/m0/s1. The Morgan fingerprint density at radius 3 is 2.19 bits per heavy atom. The van der Waals surface area contributed by atoms with Crippen LogP contribution in [0.5, 0.6) is 0 Å². The minimum Gasteiger partial charge on any atom is -0.452 e. The van der Waals surface area contributed by atoms with Gasteiger partial charge in [0.25, 0.3) is 5.60 Å². The van der Waals surface area contributed by atoms with Crippen molar-refractivity contribution >= 4 is 17.3 Å². The zero-order valence-electron chi connectivity index (χ0n) is 18.7. The van der Waals surface area contributed by atoms with Crippen LogP contribution in [-0.2, 0) is 19.9 Å². The maximum absolute atomic E-state index is 14.1. The first-order chi connectivity index (χ1) is 15.4. The number of methoxy groups -OCH3 is 1. The van der Waals surface area contributed by atoms with Gasteiger partial charge in [-0.1, -0.05) is 82.2 Å². The van der Waals surface area contributed by atoms with Gasteiger partial charge in [0.05, 0.1) is 0 Å². The van der Waals surface area contributed by atoms with Crippen molar-refractivity contribution in [2.45, 2.75) is 82.6 Å². The van der Waals surface area contributed by atoms with Crippen LogP contribution in [0.1, 0.15) is 81.4 Å². The first-order valence-electron chi connectivity index (χ1n) is 11.1. The van der Waals surface area contributed by atoms with Crippen molar-refractivity contribution in [2.24, 2.45) is 0 Å². The zero-order chi connectivity index (χ0) is 23.5. The third-order valence-corrected chi connectivity index (χ3v) is 6.34. The van der Waals surface area contributed by atoms with Gasteiger partial charge in [-0.3, -0.25) is 0 Å². The maximum atomic E-state index is 14.1. The number of carbonyl (C=O) groups is 1. The molecule has 0 aliphatic rings. The van der Waals surface area contributed by atoms with Crippen LogP contribution in [-0.4, -0.2) is 24.2 Å². The second-order valence-electron chi connectivity index (χ2n) is 7.78. The van der Waals surface area contributed by atoms with Gasteiger partial charge in [-0.15, -0.1) is 11.3 Å². The minimum atomic E-state index is -4.99. The number of halogens is 3. The van der Waals surface area contributed by atoms with Gasteiger partial charge >= 0.3 is 12.1 Å². The van der Waals surface area contributed by atoms with E-state index in [-0.39, 0.29) is 5.56 Å². The molecule has 2 aromatic rings. The van der Waals surface area contributed by atoms with E-state index < -0.39 is 23.9 Å². The van der Waals surface area contributed by atoms with Crippen LogP contribution in [0.4, 0.5) is 13.2 Å². The Labute approximate surface area is 192 Å². The normalized spacial score (nSPS) is 14.7. The summed E-state index contributed by atoms with van der Waals surface area (Å²) in [6.07, 6.45) is 4.85. The molecule has 0 aliphatic carbocycles. The molecule has 4 nitrogen and oxygen atoms in total. The second kappa shape index (κ2) is 12.9. The van der Waals surface area contributed by atoms with Gasteiger partial charge in [-0.05, 0) is 12.8 Å². The fraction of sp³-hybridized carbons (Fsp3) is 0.583. The summed E-state index contributed by atoms with van der Waals surface area (Å²) in [6.45, 7) is 2.18. The Balaban J connectivity index is 2.09. The van der Waals surface area contributed by atoms with Gasteiger partial charge in [0.2, 0.25) is 0 Å². The Morgan fingerprint density at radius 2 is 1.66 bits per heavy atom. The lowest BCUT2D eigenvalue weighted by atomic mass is 9.92. The average Bonchev–Trinajstić information content (AvgIpc) is 3.30. The van der Waals surface area contributed by atoms with E-state index in [4.69, 9.17) is 9.47 Å². The Bertz CT molecular complexity index is 784. The molecule has 2 rings (SSSR count). The molecule has 1 aromatic heterocycles. The van der Waals surface area contributed by atoms with E-state index in [1.807, 2.05) is 0 Å². The Morgan fingerprint density at radius 1 is 1.03 bits per heavy atom. The molecule has 0 bridgehead atoms. The molecular weight excluding hydrogens is 439 g/mol. The Kier molecular flexibility index (Phi) is 10.6. The van der Waals surface area contributed by atoms with Crippen molar-refractivity contribution < 1.29 is 27.4 Å². The summed E-state index contributed by atoms with van der Waals surface area (Å²) in [7, 11) is 0.874. The lowest BCUT2D eigenvalue weighted by molar-refractivity contribution is -0.278. The number of thiazole rings is 1. The third kappa shape index (κ3) is 6.78. The number of hydrogen-bond acceptors (Lipinski definition) is 5. The van der Waals surface area contributed by atoms with Gasteiger partial charge in [0.15, 0.2) is 6.10 Å². The van der Waals surface area contributed by atoms with Crippen LogP contribution >= 0.6 is 11.3 Å². The summed E-state index contributed by atoms with van der Waals surface area (Å²) < 4.78 is 52.7. The minimum absolute atomic E-state index is 0.315. The number of esters is 1. The number of aromatic nitrogens is 1. The number of rotatable bonds is 14. The van der Waals surface area contributed by atoms with E-state index in [9.17, 15) is 18.0 Å². The van der Waals surface area contributed by atoms with Gasteiger partial charge < -0.3 is 9.47 Å². The van der Waals surface area contributed by atoms with Crippen LogP contribution in [0, 0.1) is 0 Å². The number of ether oxygens (including phenoxy) is 2. The van der Waals surface area contributed by atoms with Crippen molar-refractivity contribution in [2.75, 3.05) is 7.11 Å². The topological polar surface area (TPSA) is 48.4 Å². The highest BCUT2D eigenvalue weighted by Gasteiger charge is 2.64. The number of nitrogens with zero attached hydrogens (tertiary/aromatic N) is 1. The monoisotopic (exact) mass is 471 g/mol. The maximum Gasteiger partial charge on any atom is 0.432 e. The largest absolute Gasteiger partial charge is 0.452 e. The first kappa shape index (κ1) is 26.3. The molecule has 1 aromatic carbocycles. The lowest BCUT2D eigenvalue weighted by Gasteiger charge is -2.33. The van der Waals surface area contributed by atoms with Crippen LogP contribution in [0.2, 0.25) is 0 Å². The molecule has 0 amide bonds. The molecule has 8 heteroatoms. The fourth-order valence-electron chi connectivity index (χ4n) is 3.69. The van der Waals surface area contributed by atoms with Crippen molar-refractivity contribution in [1.82, 2.24) is 4.98 Å². The number of alkyl halides is 3. The highest BCUT2D eigenvalue weighted by Crippen LogP contribution is 2.44. The van der Waals surface area contributed by atoms with E-state index >= 15 is 0 Å². The van der Waals surface area contributed by atoms with Crippen LogP contribution in [0.25, 0.3) is 0 Å². The van der Waals surface area contributed by atoms with E-state index in [1.165, 1.54) is 61.3 Å². The van der Waals surface area contributed by atoms with Crippen molar-refractivity contribution in [3.8, 4) is 0 Å². The van der Waals surface area contributed by atoms with Crippen molar-refractivity contribution in [3.63, 3.8) is 0 Å². The zero-order valence-corrected chi connectivity index (χ0v) is 19.5. The summed E-state index contributed by atoms with van der Waals surface area (Å²) >= 11 is 1.26. The summed E-state index contributed by atoms with van der Waals surface area (Å²) in [5.41, 5.74) is -3.51. The highest BCUT2D eigenvalue weighted by atomic mass is 32.1. The predicted molar refractivity (Wildman–Crippen MR) is 119 cm³/mol. The molecule has 0 fully saturated rings. The smallest absolute Gasteiger partial charge is 0.432 e. The molecule has 0 spiro atoms. The third-order valence-electron chi connectivity index (χ3n) is 5.47. The fourth-order valence-corrected chi connectivity index (χ4v) is 4.39. The molecule has 0 radical (unpaired) electrons. The molecule has 1 heterocycles. The van der Waals surface area contributed by atoms with Gasteiger partial charge in [0, 0.05) is 24.3 Å². The molecule has 2 atom stereocenters. The van der Waals surface area contributed by atoms with Gasteiger partial charge in [0.1, 0.15) is 5.01 Å². The quantitative estimate of drug-likeness (QED) is 0.213.